The van der Waals surface area contributed by atoms with E-state index in [1.54, 1.807) is 0 Å². The summed E-state index contributed by atoms with van der Waals surface area (Å²) >= 11 is 0. The van der Waals surface area contributed by atoms with Crippen LogP contribution in [0.2, 0.25) is 0 Å². The quantitative estimate of drug-likeness (QED) is 0.0345. The maximum Gasteiger partial charge on any atom is 0.306 e. The predicted molar refractivity (Wildman–Crippen MR) is 252 cm³/mol. The van der Waals surface area contributed by atoms with Crippen molar-refractivity contribution in [2.75, 3.05) is 13.2 Å². The van der Waals surface area contributed by atoms with Gasteiger partial charge in [-0.25, -0.2) is 0 Å². The van der Waals surface area contributed by atoms with E-state index < -0.39 is 6.10 Å². The Kier molecular flexibility index (Phi) is 44.7. The van der Waals surface area contributed by atoms with Crippen LogP contribution in [0.1, 0.15) is 291 Å². The molecule has 0 fully saturated rings. The van der Waals surface area contributed by atoms with Crippen molar-refractivity contribution in [3.05, 3.63) is 0 Å². The van der Waals surface area contributed by atoms with Crippen LogP contribution in [0.3, 0.4) is 0 Å². The smallest absolute Gasteiger partial charge is 0.306 e. The van der Waals surface area contributed by atoms with E-state index in [9.17, 15) is 14.4 Å². The SMILES string of the molecule is CCCCCCCCCCCCCCCCCCCCC(=O)O[C@H](COC(=O)CCCCCCCCCCCC(C)C)COC(=O)CCCCCCCCCCC(C)C. The lowest BCUT2D eigenvalue weighted by molar-refractivity contribution is -0.167. The molecule has 0 unspecified atom stereocenters. The number of ether oxygens (including phenoxy) is 3. The summed E-state index contributed by atoms with van der Waals surface area (Å²) in [4.78, 5) is 37.9. The highest BCUT2D eigenvalue weighted by atomic mass is 16.6. The largest absolute Gasteiger partial charge is 0.462 e. The molecule has 0 aromatic carbocycles. The van der Waals surface area contributed by atoms with Gasteiger partial charge < -0.3 is 14.2 Å². The minimum atomic E-state index is -0.762. The fourth-order valence-electron chi connectivity index (χ4n) is 7.99. The summed E-state index contributed by atoms with van der Waals surface area (Å²) in [5.74, 6) is 0.754. The first-order valence-electron chi connectivity index (χ1n) is 26.2. The molecule has 0 radical (unpaired) electrons. The number of esters is 3. The summed E-state index contributed by atoms with van der Waals surface area (Å²) in [6.45, 7) is 11.3. The van der Waals surface area contributed by atoms with Crippen LogP contribution in [-0.4, -0.2) is 37.2 Å². The third kappa shape index (κ3) is 47.3. The van der Waals surface area contributed by atoms with Crippen LogP contribution >= 0.6 is 0 Å². The second-order valence-electron chi connectivity index (χ2n) is 19.1. The fraction of sp³-hybridized carbons (Fsp3) is 0.943. The molecule has 0 aromatic rings. The van der Waals surface area contributed by atoms with Crippen LogP contribution in [0.5, 0.6) is 0 Å². The lowest BCUT2D eigenvalue weighted by atomic mass is 10.0. The maximum atomic E-state index is 12.8. The lowest BCUT2D eigenvalue weighted by Crippen LogP contribution is -2.30. The molecule has 0 rings (SSSR count). The number of hydrogen-bond acceptors (Lipinski definition) is 6. The lowest BCUT2D eigenvalue weighted by Gasteiger charge is -2.18. The molecular formula is C53H102O6. The molecule has 1 atom stereocenters. The van der Waals surface area contributed by atoms with Gasteiger partial charge >= 0.3 is 17.9 Å². The molecule has 6 nitrogen and oxygen atoms in total. The summed E-state index contributed by atoms with van der Waals surface area (Å²) in [6, 6.07) is 0. The van der Waals surface area contributed by atoms with Crippen molar-refractivity contribution in [3.8, 4) is 0 Å². The number of hydrogen-bond donors (Lipinski definition) is 0. The Balaban J connectivity index is 4.28. The van der Waals surface area contributed by atoms with Crippen LogP contribution < -0.4 is 0 Å². The van der Waals surface area contributed by atoms with E-state index in [1.807, 2.05) is 0 Å². The van der Waals surface area contributed by atoms with Crippen molar-refractivity contribution < 1.29 is 28.6 Å². The molecule has 0 aromatic heterocycles. The third-order valence-electron chi connectivity index (χ3n) is 12.0. The zero-order valence-electron chi connectivity index (χ0n) is 40.4. The Labute approximate surface area is 368 Å². The van der Waals surface area contributed by atoms with Crippen LogP contribution in [0, 0.1) is 11.8 Å². The van der Waals surface area contributed by atoms with E-state index >= 15 is 0 Å². The van der Waals surface area contributed by atoms with E-state index in [0.717, 1.165) is 69.6 Å². The van der Waals surface area contributed by atoms with Gasteiger partial charge in [-0.1, -0.05) is 253 Å². The Hall–Kier alpha value is -1.59. The van der Waals surface area contributed by atoms with E-state index in [0.29, 0.717) is 19.3 Å². The van der Waals surface area contributed by atoms with Crippen molar-refractivity contribution in [1.29, 1.82) is 0 Å². The number of carbonyl (C=O) groups is 3. The van der Waals surface area contributed by atoms with Crippen molar-refractivity contribution in [3.63, 3.8) is 0 Å². The topological polar surface area (TPSA) is 78.9 Å². The first kappa shape index (κ1) is 57.4. The van der Waals surface area contributed by atoms with Gasteiger partial charge in [0.15, 0.2) is 6.10 Å². The Bertz CT molecular complexity index is 900. The molecule has 0 aliphatic carbocycles. The first-order chi connectivity index (χ1) is 28.7. The minimum Gasteiger partial charge on any atom is -0.462 e. The second-order valence-corrected chi connectivity index (χ2v) is 19.1. The van der Waals surface area contributed by atoms with Gasteiger partial charge in [-0.2, -0.15) is 0 Å². The molecule has 0 spiro atoms. The van der Waals surface area contributed by atoms with E-state index in [4.69, 9.17) is 14.2 Å². The third-order valence-corrected chi connectivity index (χ3v) is 12.0. The standard InChI is InChI=1S/C53H102O6/c1-6-7-8-9-10-11-12-13-14-15-16-17-18-19-22-30-35-40-45-53(56)59-50(47-58-52(55)44-39-34-29-25-24-27-32-37-42-49(4)5)46-57-51(54)43-38-33-28-23-20-21-26-31-36-41-48(2)3/h48-50H,6-47H2,1-5H3/t50-/m1/s1. The summed E-state index contributed by atoms with van der Waals surface area (Å²) in [7, 11) is 0. The fourth-order valence-corrected chi connectivity index (χ4v) is 7.99. The van der Waals surface area contributed by atoms with Gasteiger partial charge in [0.1, 0.15) is 13.2 Å². The summed E-state index contributed by atoms with van der Waals surface area (Å²) < 4.78 is 16.8. The number of unbranched alkanes of at least 4 members (excludes halogenated alkanes) is 32. The van der Waals surface area contributed by atoms with E-state index in [-0.39, 0.29) is 31.1 Å². The van der Waals surface area contributed by atoms with Crippen LogP contribution in [-0.2, 0) is 28.6 Å². The molecular weight excluding hydrogens is 733 g/mol. The highest BCUT2D eigenvalue weighted by Gasteiger charge is 2.19. The molecule has 0 heterocycles. The highest BCUT2D eigenvalue weighted by molar-refractivity contribution is 5.71. The van der Waals surface area contributed by atoms with Crippen molar-refractivity contribution >= 4 is 17.9 Å². The van der Waals surface area contributed by atoms with Gasteiger partial charge in [0.25, 0.3) is 0 Å². The number of carbonyl (C=O) groups excluding carboxylic acids is 3. The normalized spacial score (nSPS) is 12.1. The summed E-state index contributed by atoms with van der Waals surface area (Å²) in [5, 5.41) is 0. The van der Waals surface area contributed by atoms with Gasteiger partial charge in [0.2, 0.25) is 0 Å². The minimum absolute atomic E-state index is 0.0645. The van der Waals surface area contributed by atoms with Gasteiger partial charge in [-0.3, -0.25) is 14.4 Å². The van der Waals surface area contributed by atoms with Crippen molar-refractivity contribution in [2.24, 2.45) is 11.8 Å². The Morgan fingerprint density at radius 1 is 0.322 bits per heavy atom. The second kappa shape index (κ2) is 45.9. The first-order valence-corrected chi connectivity index (χ1v) is 26.2. The molecule has 0 amide bonds. The molecule has 0 saturated carbocycles. The molecule has 0 saturated heterocycles. The van der Waals surface area contributed by atoms with Crippen LogP contribution in [0.25, 0.3) is 0 Å². The molecule has 0 bridgehead atoms. The predicted octanol–water partition coefficient (Wildman–Crippen LogP) is 16.9. The number of rotatable bonds is 47. The van der Waals surface area contributed by atoms with Crippen molar-refractivity contribution in [2.45, 2.75) is 298 Å². The summed E-state index contributed by atoms with van der Waals surface area (Å²) in [5.41, 5.74) is 0. The Morgan fingerprint density at radius 3 is 0.831 bits per heavy atom. The van der Waals surface area contributed by atoms with Gasteiger partial charge in [-0.15, -0.1) is 0 Å². The van der Waals surface area contributed by atoms with Crippen molar-refractivity contribution in [1.82, 2.24) is 0 Å². The van der Waals surface area contributed by atoms with E-state index in [2.05, 4.69) is 34.6 Å². The monoisotopic (exact) mass is 835 g/mol. The van der Waals surface area contributed by atoms with Gasteiger partial charge in [0.05, 0.1) is 0 Å². The maximum absolute atomic E-state index is 12.8. The van der Waals surface area contributed by atoms with Crippen LogP contribution in [0.4, 0.5) is 0 Å². The molecule has 0 aliphatic rings. The average molecular weight is 835 g/mol. The average Bonchev–Trinajstić information content (AvgIpc) is 3.20. The summed E-state index contributed by atoms with van der Waals surface area (Å²) in [6.07, 6.45) is 46.7. The molecule has 59 heavy (non-hydrogen) atoms. The molecule has 6 heteroatoms. The van der Waals surface area contributed by atoms with Gasteiger partial charge in [-0.05, 0) is 31.1 Å². The van der Waals surface area contributed by atoms with E-state index in [1.165, 1.54) is 180 Å². The zero-order chi connectivity index (χ0) is 43.3. The van der Waals surface area contributed by atoms with Gasteiger partial charge in [0, 0.05) is 19.3 Å². The molecule has 0 aliphatic heterocycles. The zero-order valence-corrected chi connectivity index (χ0v) is 40.4. The molecule has 350 valence electrons. The highest BCUT2D eigenvalue weighted by Crippen LogP contribution is 2.17. The van der Waals surface area contributed by atoms with Crippen LogP contribution in [0.15, 0.2) is 0 Å². The Morgan fingerprint density at radius 2 is 0.559 bits per heavy atom. The molecule has 0 N–H and O–H groups in total.